The van der Waals surface area contributed by atoms with Crippen molar-refractivity contribution in [3.63, 3.8) is 0 Å². The Morgan fingerprint density at radius 2 is 2.29 bits per heavy atom. The van der Waals surface area contributed by atoms with E-state index in [1.807, 2.05) is 24.9 Å². The lowest BCUT2D eigenvalue weighted by molar-refractivity contribution is 0.781. The second kappa shape index (κ2) is 4.11. The summed E-state index contributed by atoms with van der Waals surface area (Å²) in [5.41, 5.74) is 9.51. The van der Waals surface area contributed by atoms with Crippen LogP contribution in [0.1, 0.15) is 12.0 Å². The summed E-state index contributed by atoms with van der Waals surface area (Å²) in [5.74, 6) is 1.93. The van der Waals surface area contributed by atoms with Crippen LogP contribution in [0.15, 0.2) is 29.2 Å². The first-order chi connectivity index (χ1) is 8.25. The number of aromatic nitrogens is 2. The van der Waals surface area contributed by atoms with Gasteiger partial charge in [-0.25, -0.2) is 0 Å². The lowest BCUT2D eigenvalue weighted by atomic mass is 10.0. The summed E-state index contributed by atoms with van der Waals surface area (Å²) < 4.78 is 1.73. The molecule has 88 valence electrons. The van der Waals surface area contributed by atoms with Crippen LogP contribution in [0, 0.1) is 0 Å². The van der Waals surface area contributed by atoms with Crippen molar-refractivity contribution in [2.45, 2.75) is 17.7 Å². The molecule has 0 aliphatic carbocycles. The summed E-state index contributed by atoms with van der Waals surface area (Å²) in [6.07, 6.45) is 2.39. The highest BCUT2D eigenvalue weighted by molar-refractivity contribution is 7.99. The number of fused-ring (bicyclic) bond motifs is 1. The van der Waals surface area contributed by atoms with E-state index < -0.39 is 0 Å². The molecule has 1 aromatic heterocycles. The topological polar surface area (TPSA) is 43.8 Å². The van der Waals surface area contributed by atoms with Gasteiger partial charge in [0.25, 0.3) is 0 Å². The minimum absolute atomic E-state index is 0.709. The van der Waals surface area contributed by atoms with Crippen molar-refractivity contribution in [3.8, 4) is 11.3 Å². The zero-order chi connectivity index (χ0) is 11.8. The van der Waals surface area contributed by atoms with Crippen molar-refractivity contribution >= 4 is 17.6 Å². The van der Waals surface area contributed by atoms with Gasteiger partial charge in [-0.05, 0) is 30.2 Å². The van der Waals surface area contributed by atoms with Crippen LogP contribution >= 0.6 is 11.8 Å². The van der Waals surface area contributed by atoms with Gasteiger partial charge in [0.15, 0.2) is 0 Å². The predicted molar refractivity (Wildman–Crippen MR) is 72.1 cm³/mol. The van der Waals surface area contributed by atoms with Crippen molar-refractivity contribution in [2.75, 3.05) is 11.5 Å². The standard InChI is InChI=1S/C13H15N3S/c1-16-13(14)8-11(15-16)9-4-2-6-12-10(9)5-3-7-17-12/h2,4,6,8H,3,5,7,14H2,1H3. The molecule has 0 amide bonds. The van der Waals surface area contributed by atoms with Crippen LogP contribution in [0.25, 0.3) is 11.3 Å². The number of rotatable bonds is 1. The van der Waals surface area contributed by atoms with Gasteiger partial charge in [0.1, 0.15) is 5.82 Å². The van der Waals surface area contributed by atoms with E-state index in [-0.39, 0.29) is 0 Å². The van der Waals surface area contributed by atoms with Crippen LogP contribution < -0.4 is 5.73 Å². The molecule has 0 saturated carbocycles. The Morgan fingerprint density at radius 3 is 3.06 bits per heavy atom. The second-order valence-electron chi connectivity index (χ2n) is 4.31. The minimum Gasteiger partial charge on any atom is -0.384 e. The van der Waals surface area contributed by atoms with E-state index >= 15 is 0 Å². The van der Waals surface area contributed by atoms with E-state index in [4.69, 9.17) is 5.73 Å². The van der Waals surface area contributed by atoms with Crippen LogP contribution in [0.3, 0.4) is 0 Å². The maximum absolute atomic E-state index is 5.85. The first-order valence-electron chi connectivity index (χ1n) is 5.80. The Labute approximate surface area is 105 Å². The van der Waals surface area contributed by atoms with Crippen molar-refractivity contribution in [2.24, 2.45) is 7.05 Å². The molecule has 1 aromatic carbocycles. The number of anilines is 1. The van der Waals surface area contributed by atoms with Gasteiger partial charge in [-0.1, -0.05) is 12.1 Å². The third-order valence-electron chi connectivity index (χ3n) is 3.15. The Morgan fingerprint density at radius 1 is 1.41 bits per heavy atom. The predicted octanol–water partition coefficient (Wildman–Crippen LogP) is 2.71. The Kier molecular flexibility index (Phi) is 2.59. The number of hydrogen-bond donors (Lipinski definition) is 1. The minimum atomic E-state index is 0.709. The van der Waals surface area contributed by atoms with Gasteiger partial charge < -0.3 is 5.73 Å². The SMILES string of the molecule is Cn1nc(-c2cccc3c2CCCS3)cc1N. The lowest BCUT2D eigenvalue weighted by Crippen LogP contribution is -2.01. The molecule has 0 fully saturated rings. The van der Waals surface area contributed by atoms with Crippen LogP contribution in [0.2, 0.25) is 0 Å². The van der Waals surface area contributed by atoms with E-state index in [2.05, 4.69) is 23.3 Å². The molecule has 0 spiro atoms. The smallest absolute Gasteiger partial charge is 0.121 e. The molecule has 1 aliphatic heterocycles. The van der Waals surface area contributed by atoms with Crippen molar-refractivity contribution in [3.05, 3.63) is 29.8 Å². The molecule has 0 bridgehead atoms. The molecule has 0 atom stereocenters. The first kappa shape index (κ1) is 10.7. The van der Waals surface area contributed by atoms with Gasteiger partial charge in [-0.2, -0.15) is 5.10 Å². The van der Waals surface area contributed by atoms with Crippen molar-refractivity contribution in [1.82, 2.24) is 9.78 Å². The van der Waals surface area contributed by atoms with Crippen LogP contribution in [-0.4, -0.2) is 15.5 Å². The third-order valence-corrected chi connectivity index (χ3v) is 4.34. The summed E-state index contributed by atoms with van der Waals surface area (Å²) in [6.45, 7) is 0. The van der Waals surface area contributed by atoms with Crippen molar-refractivity contribution < 1.29 is 0 Å². The number of benzene rings is 1. The van der Waals surface area contributed by atoms with E-state index in [1.165, 1.54) is 28.2 Å². The average molecular weight is 245 g/mol. The summed E-state index contributed by atoms with van der Waals surface area (Å²) in [7, 11) is 1.88. The molecule has 4 heteroatoms. The number of nitrogens with two attached hydrogens (primary N) is 1. The first-order valence-corrected chi connectivity index (χ1v) is 6.79. The fourth-order valence-electron chi connectivity index (χ4n) is 2.24. The van der Waals surface area contributed by atoms with Gasteiger partial charge in [0.05, 0.1) is 5.69 Å². The number of aryl methyl sites for hydroxylation is 1. The van der Waals surface area contributed by atoms with Gasteiger partial charge in [-0.15, -0.1) is 11.8 Å². The maximum atomic E-state index is 5.85. The van der Waals surface area contributed by atoms with E-state index in [1.54, 1.807) is 4.68 Å². The van der Waals surface area contributed by atoms with Crippen LogP contribution in [0.5, 0.6) is 0 Å². The zero-order valence-corrected chi connectivity index (χ0v) is 10.6. The molecule has 2 N–H and O–H groups in total. The molecular formula is C13H15N3S. The number of nitrogens with zero attached hydrogens (tertiary/aromatic N) is 2. The third kappa shape index (κ3) is 1.82. The van der Waals surface area contributed by atoms with Gasteiger partial charge in [0.2, 0.25) is 0 Å². The van der Waals surface area contributed by atoms with Crippen LogP contribution in [-0.2, 0) is 13.5 Å². The maximum Gasteiger partial charge on any atom is 0.121 e. The van der Waals surface area contributed by atoms with Gasteiger partial charge in [-0.3, -0.25) is 4.68 Å². The number of thioether (sulfide) groups is 1. The summed E-state index contributed by atoms with van der Waals surface area (Å²) in [6, 6.07) is 8.41. The molecule has 0 saturated heterocycles. The molecule has 2 aromatic rings. The Hall–Kier alpha value is -1.42. The summed E-state index contributed by atoms with van der Waals surface area (Å²) in [5, 5.41) is 4.47. The highest BCUT2D eigenvalue weighted by Gasteiger charge is 2.16. The van der Waals surface area contributed by atoms with Crippen molar-refractivity contribution in [1.29, 1.82) is 0 Å². The zero-order valence-electron chi connectivity index (χ0n) is 9.81. The molecule has 3 rings (SSSR count). The summed E-state index contributed by atoms with van der Waals surface area (Å²) in [4.78, 5) is 1.40. The Bertz CT molecular complexity index is 540. The van der Waals surface area contributed by atoms with Gasteiger partial charge in [0, 0.05) is 23.6 Å². The number of nitrogen functional groups attached to an aromatic ring is 1. The highest BCUT2D eigenvalue weighted by atomic mass is 32.2. The van der Waals surface area contributed by atoms with Crippen LogP contribution in [0.4, 0.5) is 5.82 Å². The lowest BCUT2D eigenvalue weighted by Gasteiger charge is -2.17. The highest BCUT2D eigenvalue weighted by Crippen LogP contribution is 2.36. The Balaban J connectivity index is 2.14. The molecule has 3 nitrogen and oxygen atoms in total. The molecule has 1 aliphatic rings. The quantitative estimate of drug-likeness (QED) is 0.840. The monoisotopic (exact) mass is 245 g/mol. The van der Waals surface area contributed by atoms with E-state index in [0.29, 0.717) is 5.82 Å². The van der Waals surface area contributed by atoms with E-state index in [9.17, 15) is 0 Å². The number of hydrogen-bond acceptors (Lipinski definition) is 3. The summed E-state index contributed by atoms with van der Waals surface area (Å²) >= 11 is 1.94. The van der Waals surface area contributed by atoms with Gasteiger partial charge >= 0.3 is 0 Å². The molecule has 0 unspecified atom stereocenters. The fourth-order valence-corrected chi connectivity index (χ4v) is 3.31. The van der Waals surface area contributed by atoms with E-state index in [0.717, 1.165) is 12.1 Å². The molecule has 0 radical (unpaired) electrons. The fraction of sp³-hybridized carbons (Fsp3) is 0.308. The second-order valence-corrected chi connectivity index (χ2v) is 5.45. The largest absolute Gasteiger partial charge is 0.384 e. The molecule has 2 heterocycles. The average Bonchev–Trinajstić information content (AvgIpc) is 2.69. The normalized spacial score (nSPS) is 14.6. The molecule has 17 heavy (non-hydrogen) atoms. The molecular weight excluding hydrogens is 230 g/mol.